The number of rotatable bonds is 6. The lowest BCUT2D eigenvalue weighted by Crippen LogP contribution is -2.18. The van der Waals surface area contributed by atoms with Crippen LogP contribution in [-0.4, -0.2) is 21.8 Å². The summed E-state index contributed by atoms with van der Waals surface area (Å²) in [7, 11) is 0. The second-order valence-electron chi connectivity index (χ2n) is 4.79. The van der Waals surface area contributed by atoms with Crippen LogP contribution < -0.4 is 15.6 Å². The van der Waals surface area contributed by atoms with Crippen molar-refractivity contribution in [1.29, 1.82) is 0 Å². The molecule has 0 spiro atoms. The van der Waals surface area contributed by atoms with E-state index in [0.717, 1.165) is 11.4 Å². The molecule has 7 heteroatoms. The summed E-state index contributed by atoms with van der Waals surface area (Å²) in [4.78, 5) is 14.7. The fourth-order valence-corrected chi connectivity index (χ4v) is 2.05. The monoisotopic (exact) mass is 312 g/mol. The molecule has 7 nitrogen and oxygen atoms in total. The Labute approximate surface area is 132 Å². The van der Waals surface area contributed by atoms with Crippen LogP contribution in [0.15, 0.2) is 51.9 Å². The average molecular weight is 312 g/mol. The molecule has 1 aromatic carbocycles. The van der Waals surface area contributed by atoms with Crippen molar-refractivity contribution in [2.75, 3.05) is 11.9 Å². The molecule has 3 aromatic rings. The largest absolute Gasteiger partial charge is 0.494 e. The molecule has 2 aromatic heterocycles. The molecule has 0 radical (unpaired) electrons. The van der Waals surface area contributed by atoms with Crippen LogP contribution in [0.4, 0.5) is 11.6 Å². The van der Waals surface area contributed by atoms with E-state index in [-0.39, 0.29) is 11.5 Å². The SMILES string of the molecule is CCOc1ccc(Nc2nnc(Cc3ccco3)c(=O)[nH]2)cc1. The zero-order valence-electron chi connectivity index (χ0n) is 12.6. The average Bonchev–Trinajstić information content (AvgIpc) is 3.05. The van der Waals surface area contributed by atoms with Crippen molar-refractivity contribution >= 4 is 11.6 Å². The van der Waals surface area contributed by atoms with Gasteiger partial charge in [-0.05, 0) is 43.3 Å². The Bertz CT molecular complexity index is 810. The first-order valence-corrected chi connectivity index (χ1v) is 7.22. The molecular formula is C16H16N4O3. The van der Waals surface area contributed by atoms with E-state index >= 15 is 0 Å². The number of aromatic amines is 1. The molecule has 0 aliphatic heterocycles. The van der Waals surface area contributed by atoms with Crippen LogP contribution in [0, 0.1) is 0 Å². The normalized spacial score (nSPS) is 10.5. The highest BCUT2D eigenvalue weighted by molar-refractivity contribution is 5.54. The van der Waals surface area contributed by atoms with Crippen molar-refractivity contribution in [1.82, 2.24) is 15.2 Å². The Morgan fingerprint density at radius 1 is 1.22 bits per heavy atom. The maximum absolute atomic E-state index is 12.0. The molecule has 0 unspecified atom stereocenters. The fraction of sp³-hybridized carbons (Fsp3) is 0.188. The molecule has 0 fully saturated rings. The van der Waals surface area contributed by atoms with Gasteiger partial charge in [0, 0.05) is 5.69 Å². The van der Waals surface area contributed by atoms with Crippen molar-refractivity contribution in [3.8, 4) is 5.75 Å². The van der Waals surface area contributed by atoms with Gasteiger partial charge >= 0.3 is 0 Å². The summed E-state index contributed by atoms with van der Waals surface area (Å²) in [5.74, 6) is 1.73. The second kappa shape index (κ2) is 6.78. The Balaban J connectivity index is 1.71. The number of benzene rings is 1. The van der Waals surface area contributed by atoms with E-state index in [1.807, 2.05) is 31.2 Å². The van der Waals surface area contributed by atoms with Gasteiger partial charge in [-0.2, -0.15) is 0 Å². The van der Waals surface area contributed by atoms with Crippen molar-refractivity contribution in [2.45, 2.75) is 13.3 Å². The van der Waals surface area contributed by atoms with E-state index in [9.17, 15) is 4.79 Å². The molecule has 2 heterocycles. The van der Waals surface area contributed by atoms with Gasteiger partial charge in [-0.1, -0.05) is 0 Å². The Hall–Kier alpha value is -3.09. The molecule has 0 bridgehead atoms. The van der Waals surface area contributed by atoms with Crippen LogP contribution in [0.3, 0.4) is 0 Å². The van der Waals surface area contributed by atoms with Gasteiger partial charge in [-0.25, -0.2) is 0 Å². The molecule has 3 rings (SSSR count). The van der Waals surface area contributed by atoms with Gasteiger partial charge in [0.25, 0.3) is 5.56 Å². The number of nitrogens with zero attached hydrogens (tertiary/aromatic N) is 2. The zero-order chi connectivity index (χ0) is 16.1. The number of H-pyrrole nitrogens is 1. The van der Waals surface area contributed by atoms with Crippen molar-refractivity contribution in [2.24, 2.45) is 0 Å². The summed E-state index contributed by atoms with van der Waals surface area (Å²) < 4.78 is 10.6. The van der Waals surface area contributed by atoms with Gasteiger partial charge in [0.05, 0.1) is 19.3 Å². The van der Waals surface area contributed by atoms with E-state index < -0.39 is 0 Å². The van der Waals surface area contributed by atoms with Gasteiger partial charge in [0.1, 0.15) is 17.2 Å². The highest BCUT2D eigenvalue weighted by atomic mass is 16.5. The van der Waals surface area contributed by atoms with Crippen LogP contribution in [0.2, 0.25) is 0 Å². The number of aromatic nitrogens is 3. The summed E-state index contributed by atoms with van der Waals surface area (Å²) in [6, 6.07) is 10.9. The Morgan fingerprint density at radius 3 is 2.70 bits per heavy atom. The molecule has 0 atom stereocenters. The summed E-state index contributed by atoms with van der Waals surface area (Å²) in [5.41, 5.74) is 0.777. The van der Waals surface area contributed by atoms with Gasteiger partial charge in [-0.3, -0.25) is 9.78 Å². The Morgan fingerprint density at radius 2 is 2.04 bits per heavy atom. The third kappa shape index (κ3) is 3.76. The van der Waals surface area contributed by atoms with Crippen LogP contribution in [0.25, 0.3) is 0 Å². The fourth-order valence-electron chi connectivity index (χ4n) is 2.05. The summed E-state index contributed by atoms with van der Waals surface area (Å²) >= 11 is 0. The quantitative estimate of drug-likeness (QED) is 0.726. The minimum absolute atomic E-state index is 0.280. The third-order valence-electron chi connectivity index (χ3n) is 3.11. The lowest BCUT2D eigenvalue weighted by Gasteiger charge is -2.07. The molecule has 0 aliphatic rings. The molecule has 0 saturated carbocycles. The minimum atomic E-state index is -0.301. The first-order valence-electron chi connectivity index (χ1n) is 7.22. The molecule has 0 saturated heterocycles. The first-order chi connectivity index (χ1) is 11.2. The van der Waals surface area contributed by atoms with Gasteiger partial charge in [0.2, 0.25) is 5.95 Å². The first kappa shape index (κ1) is 14.8. The van der Waals surface area contributed by atoms with Crippen molar-refractivity contribution in [3.63, 3.8) is 0 Å². The van der Waals surface area contributed by atoms with Crippen LogP contribution in [-0.2, 0) is 6.42 Å². The van der Waals surface area contributed by atoms with E-state index in [2.05, 4.69) is 20.5 Å². The number of ether oxygens (including phenoxy) is 1. The van der Waals surface area contributed by atoms with E-state index in [1.165, 1.54) is 0 Å². The van der Waals surface area contributed by atoms with Crippen LogP contribution in [0.1, 0.15) is 18.4 Å². The van der Waals surface area contributed by atoms with E-state index in [4.69, 9.17) is 9.15 Å². The van der Waals surface area contributed by atoms with Gasteiger partial charge in [0.15, 0.2) is 0 Å². The van der Waals surface area contributed by atoms with Gasteiger partial charge in [-0.15, -0.1) is 10.2 Å². The van der Waals surface area contributed by atoms with E-state index in [0.29, 0.717) is 24.5 Å². The summed E-state index contributed by atoms with van der Waals surface area (Å²) in [6.07, 6.45) is 1.86. The minimum Gasteiger partial charge on any atom is -0.494 e. The predicted octanol–water partition coefficient (Wildman–Crippen LogP) is 2.49. The molecule has 2 N–H and O–H groups in total. The topological polar surface area (TPSA) is 93.0 Å². The van der Waals surface area contributed by atoms with Crippen LogP contribution >= 0.6 is 0 Å². The maximum atomic E-state index is 12.0. The molecule has 0 aliphatic carbocycles. The number of hydrogen-bond acceptors (Lipinski definition) is 6. The lowest BCUT2D eigenvalue weighted by molar-refractivity contribution is 0.340. The third-order valence-corrected chi connectivity index (χ3v) is 3.11. The number of anilines is 2. The summed E-state index contributed by atoms with van der Waals surface area (Å²) in [6.45, 7) is 2.54. The smallest absolute Gasteiger partial charge is 0.274 e. The van der Waals surface area contributed by atoms with Crippen molar-refractivity contribution < 1.29 is 9.15 Å². The van der Waals surface area contributed by atoms with Crippen LogP contribution in [0.5, 0.6) is 5.75 Å². The highest BCUT2D eigenvalue weighted by Gasteiger charge is 2.08. The number of hydrogen-bond donors (Lipinski definition) is 2. The lowest BCUT2D eigenvalue weighted by atomic mass is 10.2. The molecule has 118 valence electrons. The molecular weight excluding hydrogens is 296 g/mol. The molecule has 0 amide bonds. The van der Waals surface area contributed by atoms with Gasteiger partial charge < -0.3 is 14.5 Å². The zero-order valence-corrected chi connectivity index (χ0v) is 12.6. The predicted molar refractivity (Wildman–Crippen MR) is 85.1 cm³/mol. The summed E-state index contributed by atoms with van der Waals surface area (Å²) in [5, 5.41) is 10.9. The number of furan rings is 1. The van der Waals surface area contributed by atoms with Crippen molar-refractivity contribution in [3.05, 3.63) is 64.5 Å². The maximum Gasteiger partial charge on any atom is 0.274 e. The Kier molecular flexibility index (Phi) is 4.37. The highest BCUT2D eigenvalue weighted by Crippen LogP contribution is 2.17. The standard InChI is InChI=1S/C16H16N4O3/c1-2-22-12-7-5-11(6-8-12)17-16-18-15(21)14(19-20-16)10-13-4-3-9-23-13/h3-9H,2,10H2,1H3,(H2,17,18,20,21). The number of nitrogens with one attached hydrogen (secondary N) is 2. The second-order valence-corrected chi connectivity index (χ2v) is 4.79. The molecule has 23 heavy (non-hydrogen) atoms. The van der Waals surface area contributed by atoms with E-state index in [1.54, 1.807) is 18.4 Å².